The number of aliphatic hydroxyl groups is 3. The summed E-state index contributed by atoms with van der Waals surface area (Å²) in [5, 5.41) is 29.2. The molecule has 0 radical (unpaired) electrons. The lowest BCUT2D eigenvalue weighted by Gasteiger charge is -2.35. The molecule has 0 aromatic rings. The Morgan fingerprint density at radius 1 is 0.500 bits per heavy atom. The molecule has 0 aromatic carbocycles. The second kappa shape index (κ2) is 18.6. The summed E-state index contributed by atoms with van der Waals surface area (Å²) in [5.41, 5.74) is 0. The van der Waals surface area contributed by atoms with E-state index in [1.165, 1.54) is 64.2 Å². The molecule has 0 aliphatic heterocycles. The van der Waals surface area contributed by atoms with E-state index in [0.717, 1.165) is 75.0 Å². The van der Waals surface area contributed by atoms with Gasteiger partial charge in [0.05, 0.1) is 63.1 Å². The van der Waals surface area contributed by atoms with Gasteiger partial charge in [-0.25, -0.2) is 0 Å². The van der Waals surface area contributed by atoms with Crippen molar-refractivity contribution in [3.8, 4) is 0 Å². The zero-order chi connectivity index (χ0) is 29.7. The number of hydrogen-bond acceptors (Lipinski definition) is 7. The molecule has 0 saturated heterocycles. The van der Waals surface area contributed by atoms with Crippen molar-refractivity contribution in [2.75, 3.05) is 26.4 Å². The average molecular weight is 597 g/mol. The first kappa shape index (κ1) is 34.6. The lowest BCUT2D eigenvalue weighted by molar-refractivity contribution is -0.0787. The molecule has 4 rings (SSSR count). The maximum atomic E-state index is 10.5. The Morgan fingerprint density at radius 2 is 0.833 bits per heavy atom. The Balaban J connectivity index is 0.985. The third-order valence-corrected chi connectivity index (χ3v) is 10.8. The van der Waals surface area contributed by atoms with Crippen LogP contribution in [0.25, 0.3) is 0 Å². The van der Waals surface area contributed by atoms with Crippen LogP contribution in [-0.4, -0.2) is 84.5 Å². The molecular formula is C35H64O7. The zero-order valence-electron chi connectivity index (χ0n) is 26.9. The van der Waals surface area contributed by atoms with E-state index in [1.54, 1.807) is 6.92 Å². The van der Waals surface area contributed by atoms with Crippen LogP contribution < -0.4 is 0 Å². The Hall–Kier alpha value is -0.280. The quantitative estimate of drug-likeness (QED) is 0.195. The van der Waals surface area contributed by atoms with Crippen molar-refractivity contribution in [2.24, 2.45) is 23.7 Å². The van der Waals surface area contributed by atoms with Crippen LogP contribution >= 0.6 is 0 Å². The lowest BCUT2D eigenvalue weighted by atomic mass is 9.76. The monoisotopic (exact) mass is 596 g/mol. The van der Waals surface area contributed by atoms with Gasteiger partial charge in [0.25, 0.3) is 0 Å². The van der Waals surface area contributed by atoms with Gasteiger partial charge >= 0.3 is 0 Å². The maximum Gasteiger partial charge on any atom is 0.101 e. The third-order valence-electron chi connectivity index (χ3n) is 10.8. The van der Waals surface area contributed by atoms with Crippen LogP contribution in [-0.2, 0) is 18.9 Å². The van der Waals surface area contributed by atoms with Gasteiger partial charge in [-0.3, -0.25) is 0 Å². The predicted molar refractivity (Wildman–Crippen MR) is 165 cm³/mol. The Morgan fingerprint density at radius 3 is 1.17 bits per heavy atom. The van der Waals surface area contributed by atoms with Crippen LogP contribution in [0.3, 0.4) is 0 Å². The van der Waals surface area contributed by atoms with Gasteiger partial charge in [-0.1, -0.05) is 0 Å². The first-order valence-electron chi connectivity index (χ1n) is 17.8. The van der Waals surface area contributed by atoms with Crippen molar-refractivity contribution in [3.05, 3.63) is 0 Å². The minimum atomic E-state index is -0.530. The van der Waals surface area contributed by atoms with E-state index < -0.39 is 6.10 Å². The smallest absolute Gasteiger partial charge is 0.101 e. The van der Waals surface area contributed by atoms with Crippen LogP contribution in [0.5, 0.6) is 0 Å². The highest BCUT2D eigenvalue weighted by atomic mass is 16.5. The van der Waals surface area contributed by atoms with Crippen molar-refractivity contribution < 1.29 is 34.3 Å². The van der Waals surface area contributed by atoms with E-state index in [2.05, 4.69) is 0 Å². The van der Waals surface area contributed by atoms with Gasteiger partial charge < -0.3 is 34.3 Å². The SMILES string of the molecule is CC(O)COC1CCC(CC2CCC(OCC(O)COC3CCC(CC4CCC(OC(C)CO)CC4)CC3)CC2)CC1. The normalized spacial score (nSPS) is 36.8. The fraction of sp³-hybridized carbons (Fsp3) is 1.00. The first-order chi connectivity index (χ1) is 20.4. The molecule has 3 atom stereocenters. The molecule has 4 aliphatic carbocycles. The number of ether oxygens (including phenoxy) is 4. The summed E-state index contributed by atoms with van der Waals surface area (Å²) in [6.07, 6.45) is 22.1. The molecule has 0 aromatic heterocycles. The highest BCUT2D eigenvalue weighted by Gasteiger charge is 2.30. The second-order valence-corrected chi connectivity index (χ2v) is 14.7. The van der Waals surface area contributed by atoms with Gasteiger partial charge in [-0.2, -0.15) is 0 Å². The van der Waals surface area contributed by atoms with Gasteiger partial charge in [0, 0.05) is 0 Å². The topological polar surface area (TPSA) is 97.6 Å². The molecular weight excluding hydrogens is 532 g/mol. The molecule has 4 saturated carbocycles. The largest absolute Gasteiger partial charge is 0.394 e. The van der Waals surface area contributed by atoms with Gasteiger partial charge in [-0.15, -0.1) is 0 Å². The second-order valence-electron chi connectivity index (χ2n) is 14.7. The molecule has 4 aliphatic rings. The Kier molecular flexibility index (Phi) is 15.3. The summed E-state index contributed by atoms with van der Waals surface area (Å²) in [6.45, 7) is 5.11. The van der Waals surface area contributed by atoms with Crippen LogP contribution in [0.2, 0.25) is 0 Å². The van der Waals surface area contributed by atoms with Gasteiger partial charge in [0.1, 0.15) is 6.10 Å². The van der Waals surface area contributed by atoms with Crippen molar-refractivity contribution in [2.45, 2.75) is 172 Å². The van der Waals surface area contributed by atoms with E-state index in [1.807, 2.05) is 6.92 Å². The number of hydrogen-bond donors (Lipinski definition) is 3. The van der Waals surface area contributed by atoms with Crippen molar-refractivity contribution in [3.63, 3.8) is 0 Å². The number of aliphatic hydroxyl groups excluding tert-OH is 3. The molecule has 0 bridgehead atoms. The fourth-order valence-corrected chi connectivity index (χ4v) is 8.24. The highest BCUT2D eigenvalue weighted by Crippen LogP contribution is 2.38. The van der Waals surface area contributed by atoms with Gasteiger partial charge in [0.15, 0.2) is 0 Å². The molecule has 7 heteroatoms. The summed E-state index contributed by atoms with van der Waals surface area (Å²) in [7, 11) is 0. The summed E-state index contributed by atoms with van der Waals surface area (Å²) in [4.78, 5) is 0. The minimum absolute atomic E-state index is 0.0395. The summed E-state index contributed by atoms with van der Waals surface area (Å²) < 4.78 is 24.0. The van der Waals surface area contributed by atoms with E-state index in [-0.39, 0.29) is 31.0 Å². The predicted octanol–water partition coefficient (Wildman–Crippen LogP) is 6.19. The molecule has 3 N–H and O–H groups in total. The fourth-order valence-electron chi connectivity index (χ4n) is 8.24. The Labute approximate surface area is 256 Å². The van der Waals surface area contributed by atoms with E-state index in [0.29, 0.717) is 32.0 Å². The van der Waals surface area contributed by atoms with Crippen molar-refractivity contribution in [1.82, 2.24) is 0 Å². The molecule has 4 fully saturated rings. The van der Waals surface area contributed by atoms with Crippen LogP contribution in [0, 0.1) is 23.7 Å². The van der Waals surface area contributed by atoms with Gasteiger partial charge in [0.2, 0.25) is 0 Å². The summed E-state index contributed by atoms with van der Waals surface area (Å²) in [6, 6.07) is 0. The molecule has 3 unspecified atom stereocenters. The van der Waals surface area contributed by atoms with Crippen LogP contribution in [0.4, 0.5) is 0 Å². The van der Waals surface area contributed by atoms with Crippen molar-refractivity contribution in [1.29, 1.82) is 0 Å². The summed E-state index contributed by atoms with van der Waals surface area (Å²) >= 11 is 0. The maximum absolute atomic E-state index is 10.5. The molecule has 42 heavy (non-hydrogen) atoms. The lowest BCUT2D eigenvalue weighted by Crippen LogP contribution is -2.32. The van der Waals surface area contributed by atoms with Crippen LogP contribution in [0.1, 0.15) is 129 Å². The van der Waals surface area contributed by atoms with E-state index in [4.69, 9.17) is 18.9 Å². The summed E-state index contributed by atoms with van der Waals surface area (Å²) in [5.74, 6) is 3.29. The molecule has 0 amide bonds. The average Bonchev–Trinajstić information content (AvgIpc) is 3.01. The molecule has 0 heterocycles. The highest BCUT2D eigenvalue weighted by molar-refractivity contribution is 4.81. The molecule has 0 spiro atoms. The zero-order valence-corrected chi connectivity index (χ0v) is 26.9. The third kappa shape index (κ3) is 12.6. The van der Waals surface area contributed by atoms with Crippen molar-refractivity contribution >= 4 is 0 Å². The molecule has 246 valence electrons. The standard InChI is InChI=1S/C35H64O7/c1-25(37)22-39-32-11-3-27(4-12-32)19-28-5-13-33(14-6-28)40-23-31(38)24-41-34-15-7-29(8-16-34)20-30-9-17-35(18-10-30)42-26(2)21-36/h25-38H,3-24H2,1-2H3. The van der Waals surface area contributed by atoms with E-state index >= 15 is 0 Å². The van der Waals surface area contributed by atoms with E-state index in [9.17, 15) is 15.3 Å². The van der Waals surface area contributed by atoms with Gasteiger partial charge in [-0.05, 0) is 153 Å². The minimum Gasteiger partial charge on any atom is -0.394 e. The van der Waals surface area contributed by atoms with Crippen LogP contribution in [0.15, 0.2) is 0 Å². The Bertz CT molecular complexity index is 687. The number of rotatable bonds is 16. The first-order valence-corrected chi connectivity index (χ1v) is 17.8. The molecule has 7 nitrogen and oxygen atoms in total.